The van der Waals surface area contributed by atoms with E-state index in [0.717, 1.165) is 5.56 Å². The number of methoxy groups -OCH3 is 1. The van der Waals surface area contributed by atoms with E-state index in [1.54, 1.807) is 48.8 Å². The van der Waals surface area contributed by atoms with Crippen LogP contribution in [0.5, 0.6) is 5.75 Å². The van der Waals surface area contributed by atoms with Gasteiger partial charge in [0.25, 0.3) is 5.91 Å². The molecule has 3 rings (SSSR count). The first-order valence-corrected chi connectivity index (χ1v) is 11.4. The summed E-state index contributed by atoms with van der Waals surface area (Å²) in [6.45, 7) is 1.88. The number of anilines is 1. The van der Waals surface area contributed by atoms with Gasteiger partial charge in [-0.2, -0.15) is 0 Å². The van der Waals surface area contributed by atoms with Crippen LogP contribution in [0.2, 0.25) is 0 Å². The molecular formula is C21H20BrN3O5S. The van der Waals surface area contributed by atoms with E-state index in [0.29, 0.717) is 21.5 Å². The van der Waals surface area contributed by atoms with Crippen LogP contribution in [-0.4, -0.2) is 31.6 Å². The smallest absolute Gasteiger partial charge is 0.276 e. The van der Waals surface area contributed by atoms with Gasteiger partial charge in [-0.25, -0.2) is 18.9 Å². The Bertz CT molecular complexity index is 1210. The molecule has 0 aliphatic carbocycles. The number of ether oxygens (including phenoxy) is 1. The highest BCUT2D eigenvalue weighted by atomic mass is 79.9. The molecule has 162 valence electrons. The molecule has 0 aliphatic rings. The zero-order chi connectivity index (χ0) is 22.6. The number of benzene rings is 2. The SMILES string of the molecule is COc1ccc(S(=O)(=O)c2ncccc2CNc2c(C)cc(Br)cc2C(=O)NO)cc1. The molecule has 1 amide bonds. The zero-order valence-corrected chi connectivity index (χ0v) is 19.1. The van der Waals surface area contributed by atoms with Crippen molar-refractivity contribution >= 4 is 37.4 Å². The molecule has 2 aromatic carbocycles. The van der Waals surface area contributed by atoms with Gasteiger partial charge in [0.05, 0.1) is 23.3 Å². The highest BCUT2D eigenvalue weighted by molar-refractivity contribution is 9.10. The van der Waals surface area contributed by atoms with Crippen molar-refractivity contribution in [3.05, 3.63) is 75.9 Å². The molecule has 0 aliphatic heterocycles. The Hall–Kier alpha value is -2.95. The Morgan fingerprint density at radius 2 is 1.90 bits per heavy atom. The maximum absolute atomic E-state index is 13.2. The van der Waals surface area contributed by atoms with Gasteiger partial charge in [0.15, 0.2) is 5.03 Å². The summed E-state index contributed by atoms with van der Waals surface area (Å²) >= 11 is 3.33. The van der Waals surface area contributed by atoms with Crippen LogP contribution in [0.4, 0.5) is 5.69 Å². The van der Waals surface area contributed by atoms with Crippen LogP contribution in [0.1, 0.15) is 21.5 Å². The topological polar surface area (TPSA) is 118 Å². The fraction of sp³-hybridized carbons (Fsp3) is 0.143. The van der Waals surface area contributed by atoms with Crippen molar-refractivity contribution in [1.29, 1.82) is 0 Å². The molecule has 0 saturated carbocycles. The molecule has 8 nitrogen and oxygen atoms in total. The van der Waals surface area contributed by atoms with Gasteiger partial charge in [-0.3, -0.25) is 10.0 Å². The Kier molecular flexibility index (Phi) is 6.94. The summed E-state index contributed by atoms with van der Waals surface area (Å²) in [7, 11) is -2.38. The number of amides is 1. The summed E-state index contributed by atoms with van der Waals surface area (Å²) in [5.74, 6) is -0.147. The third-order valence-electron chi connectivity index (χ3n) is 4.58. The lowest BCUT2D eigenvalue weighted by atomic mass is 10.1. The molecule has 0 spiro atoms. The summed E-state index contributed by atoms with van der Waals surface area (Å²) in [6.07, 6.45) is 1.41. The van der Waals surface area contributed by atoms with Crippen molar-refractivity contribution < 1.29 is 23.2 Å². The van der Waals surface area contributed by atoms with Gasteiger partial charge in [0.2, 0.25) is 9.84 Å². The molecular weight excluding hydrogens is 486 g/mol. The van der Waals surface area contributed by atoms with E-state index in [-0.39, 0.29) is 22.0 Å². The average molecular weight is 506 g/mol. The second-order valence-corrected chi connectivity index (χ2v) is 9.37. The third-order valence-corrected chi connectivity index (χ3v) is 6.80. The Labute approximate surface area is 188 Å². The molecule has 10 heteroatoms. The van der Waals surface area contributed by atoms with E-state index in [2.05, 4.69) is 26.2 Å². The first-order valence-electron chi connectivity index (χ1n) is 9.09. The first kappa shape index (κ1) is 22.7. The van der Waals surface area contributed by atoms with E-state index in [9.17, 15) is 13.2 Å². The Morgan fingerprint density at radius 1 is 1.19 bits per heavy atom. The van der Waals surface area contributed by atoms with Crippen molar-refractivity contribution in [3.8, 4) is 5.75 Å². The predicted octanol–water partition coefficient (Wildman–Crippen LogP) is 3.73. The van der Waals surface area contributed by atoms with Crippen molar-refractivity contribution in [2.45, 2.75) is 23.4 Å². The number of nitrogens with one attached hydrogen (secondary N) is 2. The highest BCUT2D eigenvalue weighted by Crippen LogP contribution is 2.28. The number of hydroxylamine groups is 1. The van der Waals surface area contributed by atoms with Gasteiger partial charge >= 0.3 is 0 Å². The quantitative estimate of drug-likeness (QED) is 0.330. The second-order valence-electron chi connectivity index (χ2n) is 6.59. The maximum atomic E-state index is 13.2. The number of carbonyl (C=O) groups is 1. The Balaban J connectivity index is 1.96. The molecule has 0 atom stereocenters. The van der Waals surface area contributed by atoms with E-state index in [4.69, 9.17) is 9.94 Å². The fourth-order valence-corrected chi connectivity index (χ4v) is 5.04. The number of nitrogens with zero attached hydrogens (tertiary/aromatic N) is 1. The molecule has 0 unspecified atom stereocenters. The van der Waals surface area contributed by atoms with Gasteiger partial charge in [-0.05, 0) is 55.0 Å². The standard InChI is InChI=1S/C21H20BrN3O5S/c1-13-10-15(22)11-18(20(26)25-27)19(13)24-12-14-4-3-9-23-21(14)31(28,29)17-7-5-16(30-2)6-8-17/h3-11,24,27H,12H2,1-2H3,(H,25,26). The predicted molar refractivity (Wildman–Crippen MR) is 118 cm³/mol. The molecule has 3 aromatic rings. The summed E-state index contributed by atoms with van der Waals surface area (Å²) in [5, 5.41) is 12.1. The number of aromatic nitrogens is 1. The molecule has 0 bridgehead atoms. The van der Waals surface area contributed by atoms with Crippen LogP contribution in [0.25, 0.3) is 0 Å². The first-order chi connectivity index (χ1) is 14.8. The normalized spacial score (nSPS) is 11.1. The third kappa shape index (κ3) is 4.87. The molecule has 1 heterocycles. The fourth-order valence-electron chi connectivity index (χ4n) is 3.07. The molecule has 0 saturated heterocycles. The number of hydrogen-bond donors (Lipinski definition) is 3. The molecule has 1 aromatic heterocycles. The average Bonchev–Trinajstić information content (AvgIpc) is 2.77. The van der Waals surface area contributed by atoms with Crippen molar-refractivity contribution in [1.82, 2.24) is 10.5 Å². The van der Waals surface area contributed by atoms with Crippen LogP contribution < -0.4 is 15.5 Å². The van der Waals surface area contributed by atoms with Gasteiger partial charge in [0.1, 0.15) is 5.75 Å². The second kappa shape index (κ2) is 9.46. The molecule has 0 radical (unpaired) electrons. The lowest BCUT2D eigenvalue weighted by Crippen LogP contribution is -2.21. The van der Waals surface area contributed by atoms with E-state index in [1.807, 2.05) is 0 Å². The van der Waals surface area contributed by atoms with Crippen molar-refractivity contribution in [2.75, 3.05) is 12.4 Å². The van der Waals surface area contributed by atoms with Crippen LogP contribution in [-0.2, 0) is 16.4 Å². The monoisotopic (exact) mass is 505 g/mol. The van der Waals surface area contributed by atoms with Gasteiger partial charge < -0.3 is 10.1 Å². The largest absolute Gasteiger partial charge is 0.497 e. The number of halogens is 1. The van der Waals surface area contributed by atoms with E-state index < -0.39 is 15.7 Å². The van der Waals surface area contributed by atoms with Crippen LogP contribution in [0.3, 0.4) is 0 Å². The molecule has 3 N–H and O–H groups in total. The van der Waals surface area contributed by atoms with Crippen molar-refractivity contribution in [3.63, 3.8) is 0 Å². The number of carbonyl (C=O) groups excluding carboxylic acids is 1. The molecule has 31 heavy (non-hydrogen) atoms. The molecule has 0 fully saturated rings. The maximum Gasteiger partial charge on any atom is 0.276 e. The number of aryl methyl sites for hydroxylation is 1. The number of hydrogen-bond acceptors (Lipinski definition) is 7. The summed E-state index contributed by atoms with van der Waals surface area (Å²) < 4.78 is 32.1. The summed E-state index contributed by atoms with van der Waals surface area (Å²) in [5.41, 5.74) is 3.45. The minimum Gasteiger partial charge on any atom is -0.497 e. The number of rotatable bonds is 7. The minimum atomic E-state index is -3.88. The van der Waals surface area contributed by atoms with Crippen LogP contribution >= 0.6 is 15.9 Å². The van der Waals surface area contributed by atoms with Gasteiger partial charge in [0, 0.05) is 22.8 Å². The van der Waals surface area contributed by atoms with Crippen LogP contribution in [0.15, 0.2) is 69.1 Å². The summed E-state index contributed by atoms with van der Waals surface area (Å²) in [6, 6.07) is 12.7. The minimum absolute atomic E-state index is 0.0874. The lowest BCUT2D eigenvalue weighted by molar-refractivity contribution is 0.0707. The van der Waals surface area contributed by atoms with Gasteiger partial charge in [-0.1, -0.05) is 22.0 Å². The zero-order valence-electron chi connectivity index (χ0n) is 16.7. The van der Waals surface area contributed by atoms with E-state index in [1.165, 1.54) is 25.4 Å². The summed E-state index contributed by atoms with van der Waals surface area (Å²) in [4.78, 5) is 16.3. The lowest BCUT2D eigenvalue weighted by Gasteiger charge is -2.16. The highest BCUT2D eigenvalue weighted by Gasteiger charge is 2.23. The van der Waals surface area contributed by atoms with E-state index >= 15 is 0 Å². The van der Waals surface area contributed by atoms with Gasteiger partial charge in [-0.15, -0.1) is 0 Å². The Morgan fingerprint density at radius 3 is 2.55 bits per heavy atom. The number of sulfone groups is 1. The number of pyridine rings is 1. The van der Waals surface area contributed by atoms with Crippen LogP contribution in [0, 0.1) is 6.92 Å². The van der Waals surface area contributed by atoms with Crippen molar-refractivity contribution in [2.24, 2.45) is 0 Å².